The number of methoxy groups -OCH3 is 1. The monoisotopic (exact) mass is 234 g/mol. The lowest BCUT2D eigenvalue weighted by molar-refractivity contribution is 0.389. The Morgan fingerprint density at radius 3 is 2.76 bits per heavy atom. The van der Waals surface area contributed by atoms with E-state index in [4.69, 9.17) is 10.5 Å². The molecule has 1 aromatic carbocycles. The molecule has 0 saturated carbocycles. The number of nitrogens with two attached hydrogens (primary N) is 1. The summed E-state index contributed by atoms with van der Waals surface area (Å²) in [4.78, 5) is 0. The van der Waals surface area contributed by atoms with Gasteiger partial charge in [0, 0.05) is 11.6 Å². The third-order valence-corrected chi connectivity index (χ3v) is 3.65. The molecule has 1 saturated heterocycles. The summed E-state index contributed by atoms with van der Waals surface area (Å²) in [6.07, 6.45) is 1.15. The Bertz CT molecular complexity index is 397. The molecule has 0 aliphatic carbocycles. The fraction of sp³-hybridized carbons (Fsp3) is 0.571. The topological polar surface area (TPSA) is 47.3 Å². The summed E-state index contributed by atoms with van der Waals surface area (Å²) in [7, 11) is 1.72. The highest BCUT2D eigenvalue weighted by atomic mass is 16.5. The SMILES string of the molecule is COc1cc(C)cc(C)c1C(N)C1CCNC1. The van der Waals surface area contributed by atoms with Crippen LogP contribution in [0.15, 0.2) is 12.1 Å². The van der Waals surface area contributed by atoms with Crippen LogP contribution in [-0.2, 0) is 0 Å². The predicted molar refractivity (Wildman–Crippen MR) is 70.4 cm³/mol. The maximum absolute atomic E-state index is 6.41. The lowest BCUT2D eigenvalue weighted by atomic mass is 9.89. The second kappa shape index (κ2) is 5.07. The predicted octanol–water partition coefficient (Wildman–Crippen LogP) is 1.92. The average molecular weight is 234 g/mol. The van der Waals surface area contributed by atoms with Gasteiger partial charge < -0.3 is 15.8 Å². The van der Waals surface area contributed by atoms with Crippen LogP contribution < -0.4 is 15.8 Å². The smallest absolute Gasteiger partial charge is 0.124 e. The zero-order chi connectivity index (χ0) is 12.4. The number of nitrogens with one attached hydrogen (secondary N) is 1. The molecule has 0 radical (unpaired) electrons. The maximum atomic E-state index is 6.41. The van der Waals surface area contributed by atoms with E-state index < -0.39 is 0 Å². The number of hydrogen-bond donors (Lipinski definition) is 2. The molecule has 0 amide bonds. The quantitative estimate of drug-likeness (QED) is 0.840. The first kappa shape index (κ1) is 12.4. The molecule has 0 spiro atoms. The van der Waals surface area contributed by atoms with Gasteiger partial charge in [-0.1, -0.05) is 6.07 Å². The van der Waals surface area contributed by atoms with Crippen molar-refractivity contribution in [3.05, 3.63) is 28.8 Å². The van der Waals surface area contributed by atoms with Gasteiger partial charge in [0.2, 0.25) is 0 Å². The van der Waals surface area contributed by atoms with Crippen molar-refractivity contribution in [3.8, 4) is 5.75 Å². The van der Waals surface area contributed by atoms with E-state index in [0.717, 1.165) is 25.3 Å². The van der Waals surface area contributed by atoms with Crippen LogP contribution in [0.3, 0.4) is 0 Å². The number of ether oxygens (including phenoxy) is 1. The van der Waals surface area contributed by atoms with E-state index in [1.54, 1.807) is 7.11 Å². The van der Waals surface area contributed by atoms with Crippen LogP contribution in [-0.4, -0.2) is 20.2 Å². The van der Waals surface area contributed by atoms with Crippen molar-refractivity contribution in [2.45, 2.75) is 26.3 Å². The van der Waals surface area contributed by atoms with E-state index >= 15 is 0 Å². The molecule has 1 aliphatic heterocycles. The molecule has 2 rings (SSSR count). The van der Waals surface area contributed by atoms with E-state index in [1.807, 2.05) is 0 Å². The molecular weight excluding hydrogens is 212 g/mol. The maximum Gasteiger partial charge on any atom is 0.124 e. The summed E-state index contributed by atoms with van der Waals surface area (Å²) in [6, 6.07) is 4.32. The third-order valence-electron chi connectivity index (χ3n) is 3.65. The van der Waals surface area contributed by atoms with Crippen molar-refractivity contribution in [1.29, 1.82) is 0 Å². The van der Waals surface area contributed by atoms with Gasteiger partial charge in [-0.2, -0.15) is 0 Å². The molecule has 0 bridgehead atoms. The summed E-state index contributed by atoms with van der Waals surface area (Å²) < 4.78 is 5.49. The minimum atomic E-state index is 0.0700. The van der Waals surface area contributed by atoms with Crippen molar-refractivity contribution in [2.24, 2.45) is 11.7 Å². The van der Waals surface area contributed by atoms with E-state index in [0.29, 0.717) is 5.92 Å². The Labute approximate surface area is 103 Å². The second-order valence-corrected chi connectivity index (χ2v) is 4.98. The fourth-order valence-corrected chi connectivity index (χ4v) is 2.76. The molecule has 3 heteroatoms. The number of aryl methyl sites for hydroxylation is 2. The largest absolute Gasteiger partial charge is 0.496 e. The number of rotatable bonds is 3. The van der Waals surface area contributed by atoms with Gasteiger partial charge in [-0.25, -0.2) is 0 Å². The van der Waals surface area contributed by atoms with Gasteiger partial charge in [-0.15, -0.1) is 0 Å². The summed E-state index contributed by atoms with van der Waals surface area (Å²) >= 11 is 0. The van der Waals surface area contributed by atoms with Crippen LogP contribution in [0, 0.1) is 19.8 Å². The lowest BCUT2D eigenvalue weighted by Gasteiger charge is -2.23. The van der Waals surface area contributed by atoms with Crippen LogP contribution in [0.4, 0.5) is 0 Å². The van der Waals surface area contributed by atoms with Gasteiger partial charge in [-0.05, 0) is 56.5 Å². The Kier molecular flexibility index (Phi) is 3.69. The van der Waals surface area contributed by atoms with Gasteiger partial charge in [-0.3, -0.25) is 0 Å². The van der Waals surface area contributed by atoms with E-state index in [-0.39, 0.29) is 6.04 Å². The molecular formula is C14H22N2O. The van der Waals surface area contributed by atoms with Crippen LogP contribution in [0.1, 0.15) is 29.2 Å². The normalized spacial score (nSPS) is 21.5. The van der Waals surface area contributed by atoms with Crippen molar-refractivity contribution < 1.29 is 4.74 Å². The molecule has 94 valence electrons. The molecule has 2 atom stereocenters. The summed E-state index contributed by atoms with van der Waals surface area (Å²) in [6.45, 7) is 6.29. The fourth-order valence-electron chi connectivity index (χ4n) is 2.76. The van der Waals surface area contributed by atoms with Crippen molar-refractivity contribution in [2.75, 3.05) is 20.2 Å². The van der Waals surface area contributed by atoms with Crippen molar-refractivity contribution >= 4 is 0 Å². The van der Waals surface area contributed by atoms with Gasteiger partial charge in [0.25, 0.3) is 0 Å². The number of benzene rings is 1. The molecule has 3 nitrogen and oxygen atoms in total. The van der Waals surface area contributed by atoms with Crippen molar-refractivity contribution in [1.82, 2.24) is 5.32 Å². The molecule has 17 heavy (non-hydrogen) atoms. The first-order chi connectivity index (χ1) is 8.13. The Morgan fingerprint density at radius 2 is 2.18 bits per heavy atom. The van der Waals surface area contributed by atoms with Crippen LogP contribution in [0.2, 0.25) is 0 Å². The average Bonchev–Trinajstić information content (AvgIpc) is 2.80. The minimum absolute atomic E-state index is 0.0700. The van der Waals surface area contributed by atoms with Gasteiger partial charge in [0.1, 0.15) is 5.75 Å². The van der Waals surface area contributed by atoms with Gasteiger partial charge in [0.15, 0.2) is 0 Å². The molecule has 1 fully saturated rings. The lowest BCUT2D eigenvalue weighted by Crippen LogP contribution is -2.24. The molecule has 1 heterocycles. The standard InChI is InChI=1S/C14H22N2O/c1-9-6-10(2)13(12(7-9)17-3)14(15)11-4-5-16-8-11/h6-7,11,14,16H,4-5,8,15H2,1-3H3. The van der Waals surface area contributed by atoms with E-state index in [2.05, 4.69) is 31.3 Å². The summed E-state index contributed by atoms with van der Waals surface area (Å²) in [5, 5.41) is 3.37. The summed E-state index contributed by atoms with van der Waals surface area (Å²) in [5.74, 6) is 1.45. The van der Waals surface area contributed by atoms with Crippen LogP contribution in [0.5, 0.6) is 5.75 Å². The molecule has 1 aliphatic rings. The zero-order valence-corrected chi connectivity index (χ0v) is 10.9. The Balaban J connectivity index is 2.35. The Morgan fingerprint density at radius 1 is 1.41 bits per heavy atom. The van der Waals surface area contributed by atoms with Crippen molar-refractivity contribution in [3.63, 3.8) is 0 Å². The first-order valence-electron chi connectivity index (χ1n) is 6.25. The first-order valence-corrected chi connectivity index (χ1v) is 6.25. The van der Waals surface area contributed by atoms with E-state index in [9.17, 15) is 0 Å². The Hall–Kier alpha value is -1.06. The highest BCUT2D eigenvalue weighted by Gasteiger charge is 2.26. The highest BCUT2D eigenvalue weighted by molar-refractivity contribution is 5.45. The van der Waals surface area contributed by atoms with Gasteiger partial charge >= 0.3 is 0 Å². The minimum Gasteiger partial charge on any atom is -0.496 e. The molecule has 3 N–H and O–H groups in total. The molecule has 0 aromatic heterocycles. The zero-order valence-electron chi connectivity index (χ0n) is 10.9. The highest BCUT2D eigenvalue weighted by Crippen LogP contribution is 2.34. The summed E-state index contributed by atoms with van der Waals surface area (Å²) in [5.41, 5.74) is 10.0. The van der Waals surface area contributed by atoms with Gasteiger partial charge in [0.05, 0.1) is 7.11 Å². The second-order valence-electron chi connectivity index (χ2n) is 4.98. The third kappa shape index (κ3) is 2.45. The number of hydrogen-bond acceptors (Lipinski definition) is 3. The molecule has 1 aromatic rings. The molecule has 2 unspecified atom stereocenters. The van der Waals surface area contributed by atoms with Crippen LogP contribution in [0.25, 0.3) is 0 Å². The van der Waals surface area contributed by atoms with Crippen LogP contribution >= 0.6 is 0 Å². The van der Waals surface area contributed by atoms with E-state index in [1.165, 1.54) is 16.7 Å².